The van der Waals surface area contributed by atoms with Gasteiger partial charge in [-0.25, -0.2) is 0 Å². The standard InChI is InChI=1S/C51H64OSi.2ClH.Hf/c1-35-33-39-19-17-21-43(37-23-27-41(28-24-37)49(3,4)5)45(39)47(35)53(12,32-16-14-13-15-31-52-51(9,10)11)48-36(2)34-40-20-18-22-44(46(40)48)38-25-29-42(30-26-38)50(6,7)8;;;/h17-30,33-34H,13-16,31-32H2,1-12H3;2*1H;/q-2;;;+4/p-2. The van der Waals surface area contributed by atoms with Crippen molar-refractivity contribution >= 4 is 40.0 Å². The Balaban J connectivity index is 0.00000280. The molecule has 0 spiro atoms. The van der Waals surface area contributed by atoms with Crippen molar-refractivity contribution in [1.82, 2.24) is 0 Å². The quantitative estimate of drug-likeness (QED) is 0.0742. The number of hydrogen-bond donors (Lipinski definition) is 0. The van der Waals surface area contributed by atoms with Crippen molar-refractivity contribution in [1.29, 1.82) is 0 Å². The van der Waals surface area contributed by atoms with Gasteiger partial charge >= 0.3 is 25.8 Å². The van der Waals surface area contributed by atoms with E-state index in [-0.39, 0.29) is 67.1 Å². The van der Waals surface area contributed by atoms with Gasteiger partial charge < -0.3 is 29.6 Å². The van der Waals surface area contributed by atoms with Crippen LogP contribution in [0.4, 0.5) is 0 Å². The Morgan fingerprint density at radius 3 is 1.30 bits per heavy atom. The molecule has 0 aromatic heterocycles. The van der Waals surface area contributed by atoms with Crippen molar-refractivity contribution in [3.05, 3.63) is 119 Å². The zero-order valence-corrected chi connectivity index (χ0v) is 42.2. The fourth-order valence-corrected chi connectivity index (χ4v) is 14.1. The molecule has 0 saturated carbocycles. The summed E-state index contributed by atoms with van der Waals surface area (Å²) in [6.07, 6.45) is 4.78. The summed E-state index contributed by atoms with van der Waals surface area (Å²) in [5.41, 5.74) is 11.2. The van der Waals surface area contributed by atoms with Crippen molar-refractivity contribution < 1.29 is 55.4 Å². The monoisotopic (exact) mass is 970 g/mol. The van der Waals surface area contributed by atoms with E-state index in [2.05, 4.69) is 180 Å². The first kappa shape index (κ1) is 48.1. The third-order valence-corrected chi connectivity index (χ3v) is 16.4. The molecule has 0 amide bonds. The van der Waals surface area contributed by atoms with Gasteiger partial charge in [0.15, 0.2) is 0 Å². The van der Waals surface area contributed by atoms with Gasteiger partial charge in [0.1, 0.15) is 0 Å². The summed E-state index contributed by atoms with van der Waals surface area (Å²) in [4.78, 5) is 0. The van der Waals surface area contributed by atoms with Gasteiger partial charge in [-0.2, -0.15) is 10.4 Å². The van der Waals surface area contributed by atoms with E-state index < -0.39 is 8.07 Å². The summed E-state index contributed by atoms with van der Waals surface area (Å²) in [5, 5.41) is 8.96. The Morgan fingerprint density at radius 2 is 0.929 bits per heavy atom. The summed E-state index contributed by atoms with van der Waals surface area (Å²) in [5.74, 6) is 0. The number of halogens is 2. The van der Waals surface area contributed by atoms with Crippen LogP contribution in [0.15, 0.2) is 97.1 Å². The smallest absolute Gasteiger partial charge is 1.00 e. The first-order chi connectivity index (χ1) is 24.9. The normalized spacial score (nSPS) is 12.4. The Morgan fingerprint density at radius 1 is 0.536 bits per heavy atom. The molecule has 296 valence electrons. The minimum Gasteiger partial charge on any atom is -1.00 e. The Bertz CT molecular complexity index is 2040. The number of ether oxygens (including phenoxy) is 1. The molecule has 0 bridgehead atoms. The van der Waals surface area contributed by atoms with Gasteiger partial charge in [-0.05, 0) is 60.3 Å². The fraction of sp³-hybridized carbons (Fsp3) is 0.412. The maximum atomic E-state index is 6.09. The van der Waals surface area contributed by atoms with Gasteiger partial charge in [0, 0.05) is 14.7 Å². The van der Waals surface area contributed by atoms with Gasteiger partial charge in [0.25, 0.3) is 0 Å². The zero-order valence-electron chi connectivity index (χ0n) is 36.1. The van der Waals surface area contributed by atoms with Crippen molar-refractivity contribution in [2.45, 2.75) is 131 Å². The third-order valence-electron chi connectivity index (χ3n) is 11.6. The van der Waals surface area contributed by atoms with E-state index >= 15 is 0 Å². The second-order valence-corrected chi connectivity index (χ2v) is 23.2. The molecule has 0 unspecified atom stereocenters. The second kappa shape index (κ2) is 18.8. The largest absolute Gasteiger partial charge is 4.00 e. The van der Waals surface area contributed by atoms with Crippen molar-refractivity contribution in [3.63, 3.8) is 0 Å². The summed E-state index contributed by atoms with van der Waals surface area (Å²) in [6, 6.07) is 39.0. The molecular weight excluding hydrogens is 906 g/mol. The number of aryl methyl sites for hydroxylation is 2. The maximum absolute atomic E-state index is 6.09. The van der Waals surface area contributed by atoms with Gasteiger partial charge in [-0.15, -0.1) is 69.1 Å². The van der Waals surface area contributed by atoms with E-state index in [9.17, 15) is 0 Å². The van der Waals surface area contributed by atoms with Crippen molar-refractivity contribution in [2.24, 2.45) is 0 Å². The average Bonchev–Trinajstić information content (AvgIpc) is 3.62. The first-order valence-electron chi connectivity index (χ1n) is 20.1. The number of hydrogen-bond acceptors (Lipinski definition) is 1. The van der Waals surface area contributed by atoms with Gasteiger partial charge in [0.2, 0.25) is 0 Å². The second-order valence-electron chi connectivity index (χ2n) is 19.1. The van der Waals surface area contributed by atoms with Crippen LogP contribution in [0.3, 0.4) is 0 Å². The van der Waals surface area contributed by atoms with Crippen LogP contribution in [0, 0.1) is 13.8 Å². The minimum atomic E-state index is -2.36. The Labute approximate surface area is 371 Å². The van der Waals surface area contributed by atoms with E-state index in [1.807, 2.05) is 0 Å². The Hall–Kier alpha value is -2.27. The topological polar surface area (TPSA) is 9.23 Å². The summed E-state index contributed by atoms with van der Waals surface area (Å²) in [7, 11) is -2.36. The molecule has 0 N–H and O–H groups in total. The summed E-state index contributed by atoms with van der Waals surface area (Å²) >= 11 is 0. The molecule has 0 aliphatic carbocycles. The van der Waals surface area contributed by atoms with Crippen LogP contribution in [0.1, 0.15) is 110 Å². The van der Waals surface area contributed by atoms with E-state index in [4.69, 9.17) is 4.74 Å². The Kier molecular flexibility index (Phi) is 16.1. The molecule has 0 saturated heterocycles. The van der Waals surface area contributed by atoms with Gasteiger partial charge in [-0.1, -0.05) is 159 Å². The molecule has 0 fully saturated rings. The van der Waals surface area contributed by atoms with Gasteiger partial charge in [0.05, 0.1) is 5.60 Å². The minimum absolute atomic E-state index is 0. The van der Waals surface area contributed by atoms with Crippen LogP contribution in [0.2, 0.25) is 12.6 Å². The molecule has 6 rings (SSSR count). The zero-order chi connectivity index (χ0) is 38.3. The molecule has 6 aromatic carbocycles. The molecule has 6 aromatic rings. The van der Waals surface area contributed by atoms with Crippen molar-refractivity contribution in [2.75, 3.05) is 6.61 Å². The molecule has 0 aliphatic rings. The van der Waals surface area contributed by atoms with E-state index in [0.29, 0.717) is 0 Å². The third kappa shape index (κ3) is 10.3. The number of unbranched alkanes of at least 4 members (excludes halogenated alkanes) is 3. The molecule has 0 atom stereocenters. The predicted molar refractivity (Wildman–Crippen MR) is 237 cm³/mol. The van der Waals surface area contributed by atoms with Crippen LogP contribution in [-0.2, 0) is 41.4 Å². The van der Waals surface area contributed by atoms with Crippen LogP contribution < -0.4 is 35.2 Å². The summed E-state index contributed by atoms with van der Waals surface area (Å²) < 4.78 is 6.09. The molecule has 0 radical (unpaired) electrons. The van der Waals surface area contributed by atoms with Crippen LogP contribution in [0.25, 0.3) is 43.8 Å². The van der Waals surface area contributed by atoms with Crippen LogP contribution in [0.5, 0.6) is 0 Å². The molecule has 0 heterocycles. The maximum Gasteiger partial charge on any atom is 4.00 e. The molecule has 56 heavy (non-hydrogen) atoms. The predicted octanol–water partition coefficient (Wildman–Crippen LogP) is 7.55. The van der Waals surface area contributed by atoms with Crippen molar-refractivity contribution in [3.8, 4) is 22.3 Å². The van der Waals surface area contributed by atoms with Crippen LogP contribution in [-0.4, -0.2) is 20.3 Å². The fourth-order valence-electron chi connectivity index (χ4n) is 8.83. The molecule has 0 aliphatic heterocycles. The molecule has 1 nitrogen and oxygen atoms in total. The molecule has 5 heteroatoms. The van der Waals surface area contributed by atoms with Gasteiger partial charge in [-0.3, -0.25) is 0 Å². The van der Waals surface area contributed by atoms with E-state index in [1.54, 1.807) is 10.4 Å². The summed E-state index contributed by atoms with van der Waals surface area (Å²) in [6.45, 7) is 28.6. The number of benzene rings is 4. The molecular formula is C51H64Cl2HfOSi. The number of rotatable bonds is 11. The van der Waals surface area contributed by atoms with E-state index in [0.717, 1.165) is 13.0 Å². The first-order valence-corrected chi connectivity index (χ1v) is 22.8. The van der Waals surface area contributed by atoms with Crippen LogP contribution >= 0.6 is 0 Å². The number of fused-ring (bicyclic) bond motifs is 2. The van der Waals surface area contributed by atoms with E-state index in [1.165, 1.54) is 91.4 Å². The SMILES string of the molecule is Cc1[cH-]c2cccc(-c3ccc(C(C)(C)C)cc3)c2c1[Si](C)(CCCCCCOC(C)(C)C)c1c(C)[cH-]c2cccc(-c3ccc(C(C)(C)C)cc3)c12.[Cl-].[Cl-].[Hf+4]. The average molecular weight is 971 g/mol.